The highest BCUT2D eigenvalue weighted by atomic mass is 32.2. The Morgan fingerprint density at radius 1 is 1.25 bits per heavy atom. The second-order valence-corrected chi connectivity index (χ2v) is 10.1. The van der Waals surface area contributed by atoms with E-state index in [9.17, 15) is 18.0 Å². The van der Waals surface area contributed by atoms with Crippen molar-refractivity contribution in [2.45, 2.75) is 30.6 Å². The number of nitrogens with zero attached hydrogens (tertiary/aromatic N) is 2. The summed E-state index contributed by atoms with van der Waals surface area (Å²) in [6, 6.07) is 3.28. The lowest BCUT2D eigenvalue weighted by atomic mass is 9.98. The van der Waals surface area contributed by atoms with Gasteiger partial charge < -0.3 is 9.47 Å². The summed E-state index contributed by atoms with van der Waals surface area (Å²) >= 11 is 2.32. The summed E-state index contributed by atoms with van der Waals surface area (Å²) < 4.78 is 36.9. The maximum atomic E-state index is 12.5. The fourth-order valence-corrected chi connectivity index (χ4v) is 6.10. The number of esters is 2. The van der Waals surface area contributed by atoms with Crippen LogP contribution in [0.5, 0.6) is 0 Å². The molecule has 152 valence electrons. The normalized spacial score (nSPS) is 16.0. The molecule has 0 saturated carbocycles. The Kier molecular flexibility index (Phi) is 6.81. The molecule has 0 aromatic carbocycles. The predicted octanol–water partition coefficient (Wildman–Crippen LogP) is 2.53. The quantitative estimate of drug-likeness (QED) is 0.605. The van der Waals surface area contributed by atoms with Crippen molar-refractivity contribution in [2.75, 3.05) is 19.7 Å². The zero-order chi connectivity index (χ0) is 20.1. The molecule has 28 heavy (non-hydrogen) atoms. The van der Waals surface area contributed by atoms with Gasteiger partial charge in [-0.15, -0.1) is 22.7 Å². The number of hydrogen-bond acceptors (Lipinski definition) is 9. The molecule has 1 aliphatic heterocycles. The monoisotopic (exact) mass is 444 g/mol. The molecule has 1 fully saturated rings. The largest absolute Gasteiger partial charge is 0.461 e. The van der Waals surface area contributed by atoms with Crippen molar-refractivity contribution in [2.24, 2.45) is 5.92 Å². The van der Waals surface area contributed by atoms with Crippen LogP contribution in [0.1, 0.15) is 35.3 Å². The van der Waals surface area contributed by atoms with Gasteiger partial charge in [0.25, 0.3) is 10.0 Å². The van der Waals surface area contributed by atoms with E-state index in [4.69, 9.17) is 9.47 Å². The first-order valence-electron chi connectivity index (χ1n) is 8.73. The topological polar surface area (TPSA) is 103 Å². The second-order valence-electron chi connectivity index (χ2n) is 6.08. The Hall–Kier alpha value is -1.82. The van der Waals surface area contributed by atoms with E-state index in [-0.39, 0.29) is 43.2 Å². The van der Waals surface area contributed by atoms with Gasteiger partial charge in [0, 0.05) is 18.5 Å². The van der Waals surface area contributed by atoms with Gasteiger partial charge in [0.2, 0.25) is 5.01 Å². The molecule has 11 heteroatoms. The van der Waals surface area contributed by atoms with E-state index < -0.39 is 16.0 Å². The van der Waals surface area contributed by atoms with E-state index >= 15 is 0 Å². The Bertz CT molecular complexity index is 915. The number of carbonyl (C=O) groups excluding carboxylic acids is 2. The third-order valence-corrected chi connectivity index (χ3v) is 8.38. The number of thiazole rings is 1. The van der Waals surface area contributed by atoms with Gasteiger partial charge in [-0.1, -0.05) is 6.07 Å². The van der Waals surface area contributed by atoms with Crippen LogP contribution in [-0.4, -0.2) is 49.3 Å². The standard InChI is InChI=1S/C17H20N2O6S3/c1-2-24-17(21)15-18-13(11-27-15)10-25-16(20)12-5-7-19(8-6-12)28(22,23)14-4-3-9-26-14/h3-4,9,11-12H,2,5-8,10H2,1H3. The van der Waals surface area contributed by atoms with Gasteiger partial charge in [0.05, 0.1) is 18.2 Å². The first-order chi connectivity index (χ1) is 13.4. The minimum atomic E-state index is -3.49. The van der Waals surface area contributed by atoms with Gasteiger partial charge in [-0.25, -0.2) is 18.2 Å². The van der Waals surface area contributed by atoms with Crippen molar-refractivity contribution in [3.8, 4) is 0 Å². The number of hydrogen-bond donors (Lipinski definition) is 0. The average molecular weight is 445 g/mol. The fraction of sp³-hybridized carbons (Fsp3) is 0.471. The Morgan fingerprint density at radius 2 is 2.00 bits per heavy atom. The number of ether oxygens (including phenoxy) is 2. The van der Waals surface area contributed by atoms with Crippen LogP contribution in [0.15, 0.2) is 27.1 Å². The molecule has 2 aromatic rings. The predicted molar refractivity (Wildman–Crippen MR) is 104 cm³/mol. The molecule has 0 radical (unpaired) electrons. The summed E-state index contributed by atoms with van der Waals surface area (Å²) in [6.45, 7) is 2.52. The third kappa shape index (κ3) is 4.77. The molecule has 2 aromatic heterocycles. The number of rotatable bonds is 7. The van der Waals surface area contributed by atoms with Gasteiger partial charge in [0.1, 0.15) is 10.8 Å². The van der Waals surface area contributed by atoms with E-state index in [1.165, 1.54) is 15.6 Å². The number of thiophene rings is 1. The molecular weight excluding hydrogens is 424 g/mol. The van der Waals surface area contributed by atoms with Crippen LogP contribution in [0.3, 0.4) is 0 Å². The van der Waals surface area contributed by atoms with E-state index in [1.807, 2.05) is 0 Å². The Morgan fingerprint density at radius 3 is 2.64 bits per heavy atom. The average Bonchev–Trinajstić information content (AvgIpc) is 3.38. The minimum absolute atomic E-state index is 0.0254. The van der Waals surface area contributed by atoms with Crippen LogP contribution in [0.25, 0.3) is 0 Å². The molecule has 0 spiro atoms. The lowest BCUT2D eigenvalue weighted by molar-refractivity contribution is -0.151. The summed E-state index contributed by atoms with van der Waals surface area (Å²) in [7, 11) is -3.49. The summed E-state index contributed by atoms with van der Waals surface area (Å²) in [5, 5.41) is 3.60. The Balaban J connectivity index is 1.49. The second kappa shape index (κ2) is 9.12. The van der Waals surface area contributed by atoms with Gasteiger partial charge in [0.15, 0.2) is 0 Å². The number of sulfonamides is 1. The van der Waals surface area contributed by atoms with Gasteiger partial charge in [-0.2, -0.15) is 4.31 Å². The number of carbonyl (C=O) groups is 2. The highest BCUT2D eigenvalue weighted by molar-refractivity contribution is 7.91. The first-order valence-corrected chi connectivity index (χ1v) is 11.9. The smallest absolute Gasteiger partial charge is 0.367 e. The summed E-state index contributed by atoms with van der Waals surface area (Å²) in [4.78, 5) is 28.0. The summed E-state index contributed by atoms with van der Waals surface area (Å²) in [6.07, 6.45) is 0.823. The molecule has 8 nitrogen and oxygen atoms in total. The zero-order valence-corrected chi connectivity index (χ0v) is 17.6. The van der Waals surface area contributed by atoms with Crippen LogP contribution in [0, 0.1) is 5.92 Å². The van der Waals surface area contributed by atoms with Crippen molar-refractivity contribution < 1.29 is 27.5 Å². The lowest BCUT2D eigenvalue weighted by Gasteiger charge is -2.29. The Labute approximate surface area is 171 Å². The highest BCUT2D eigenvalue weighted by Gasteiger charge is 2.33. The first kappa shape index (κ1) is 20.9. The van der Waals surface area contributed by atoms with E-state index in [2.05, 4.69) is 4.98 Å². The molecule has 0 bridgehead atoms. The van der Waals surface area contributed by atoms with Crippen LogP contribution in [0.2, 0.25) is 0 Å². The van der Waals surface area contributed by atoms with Gasteiger partial charge in [-0.05, 0) is 31.2 Å². The molecule has 0 unspecified atom stereocenters. The molecule has 0 amide bonds. The minimum Gasteiger partial charge on any atom is -0.461 e. The van der Waals surface area contributed by atoms with Gasteiger partial charge in [-0.3, -0.25) is 4.79 Å². The number of aromatic nitrogens is 1. The van der Waals surface area contributed by atoms with Crippen molar-refractivity contribution in [3.05, 3.63) is 33.6 Å². The molecule has 3 heterocycles. The van der Waals surface area contributed by atoms with Crippen molar-refractivity contribution in [3.63, 3.8) is 0 Å². The zero-order valence-electron chi connectivity index (χ0n) is 15.2. The summed E-state index contributed by atoms with van der Waals surface area (Å²) in [5.74, 6) is -1.22. The SMILES string of the molecule is CCOC(=O)c1nc(COC(=O)C2CCN(S(=O)(=O)c3cccs3)CC2)cs1. The van der Waals surface area contributed by atoms with Crippen molar-refractivity contribution in [1.29, 1.82) is 0 Å². The maximum Gasteiger partial charge on any atom is 0.367 e. The molecule has 1 aliphatic rings. The van der Waals surface area contributed by atoms with Crippen LogP contribution >= 0.6 is 22.7 Å². The van der Waals surface area contributed by atoms with Crippen LogP contribution in [-0.2, 0) is 30.9 Å². The highest BCUT2D eigenvalue weighted by Crippen LogP contribution is 2.27. The molecular formula is C17H20N2O6S3. The van der Waals surface area contributed by atoms with Crippen molar-refractivity contribution >= 4 is 44.6 Å². The molecule has 0 atom stereocenters. The van der Waals surface area contributed by atoms with Crippen LogP contribution in [0.4, 0.5) is 0 Å². The lowest BCUT2D eigenvalue weighted by Crippen LogP contribution is -2.40. The molecule has 3 rings (SSSR count). The van der Waals surface area contributed by atoms with E-state index in [0.717, 1.165) is 11.3 Å². The maximum absolute atomic E-state index is 12.5. The van der Waals surface area contributed by atoms with Crippen molar-refractivity contribution in [1.82, 2.24) is 9.29 Å². The van der Waals surface area contributed by atoms with Gasteiger partial charge >= 0.3 is 11.9 Å². The number of piperidine rings is 1. The van der Waals surface area contributed by atoms with Crippen LogP contribution < -0.4 is 0 Å². The fourth-order valence-electron chi connectivity index (χ4n) is 2.79. The van der Waals surface area contributed by atoms with E-state index in [1.54, 1.807) is 29.8 Å². The molecule has 1 saturated heterocycles. The molecule has 0 aliphatic carbocycles. The van der Waals surface area contributed by atoms with E-state index in [0.29, 0.717) is 22.7 Å². The molecule has 0 N–H and O–H groups in total. The third-order valence-electron chi connectivity index (χ3n) is 4.24. The summed E-state index contributed by atoms with van der Waals surface area (Å²) in [5.41, 5.74) is 0.485.